The topological polar surface area (TPSA) is 20.2 Å². The summed E-state index contributed by atoms with van der Waals surface area (Å²) in [4.78, 5) is 0. The standard InChI is InChI=1S/C20H18O/c21-15-16-11-13-19(14-12-16)20(17-7-3-1-4-8-17)18-9-5-2-6-10-18/h1-14,20-21H,15H2. The summed E-state index contributed by atoms with van der Waals surface area (Å²) in [5.41, 5.74) is 4.74. The Hall–Kier alpha value is -2.38. The molecule has 0 radical (unpaired) electrons. The molecule has 0 aromatic heterocycles. The molecule has 0 amide bonds. The number of benzene rings is 3. The molecular weight excluding hydrogens is 256 g/mol. The lowest BCUT2D eigenvalue weighted by Crippen LogP contribution is -2.03. The second-order valence-corrected chi connectivity index (χ2v) is 5.15. The molecule has 0 aliphatic rings. The van der Waals surface area contributed by atoms with Gasteiger partial charge in [-0.05, 0) is 22.3 Å². The van der Waals surface area contributed by atoms with Gasteiger partial charge in [0.05, 0.1) is 6.61 Å². The largest absolute Gasteiger partial charge is 0.392 e. The van der Waals surface area contributed by atoms with Crippen molar-refractivity contribution < 1.29 is 5.11 Å². The van der Waals surface area contributed by atoms with E-state index in [1.807, 2.05) is 24.3 Å². The highest BCUT2D eigenvalue weighted by atomic mass is 16.3. The van der Waals surface area contributed by atoms with Crippen LogP contribution in [0.2, 0.25) is 0 Å². The summed E-state index contributed by atoms with van der Waals surface area (Å²) in [5, 5.41) is 9.20. The molecule has 0 heterocycles. The van der Waals surface area contributed by atoms with E-state index in [1.54, 1.807) is 0 Å². The van der Waals surface area contributed by atoms with Gasteiger partial charge < -0.3 is 5.11 Å². The van der Waals surface area contributed by atoms with Crippen molar-refractivity contribution in [1.29, 1.82) is 0 Å². The van der Waals surface area contributed by atoms with E-state index in [0.29, 0.717) is 0 Å². The third-order valence-corrected chi connectivity index (χ3v) is 3.76. The van der Waals surface area contributed by atoms with Crippen molar-refractivity contribution in [1.82, 2.24) is 0 Å². The molecule has 104 valence electrons. The molecular formula is C20H18O. The quantitative estimate of drug-likeness (QED) is 0.701. The van der Waals surface area contributed by atoms with Gasteiger partial charge in [-0.2, -0.15) is 0 Å². The fourth-order valence-corrected chi connectivity index (χ4v) is 2.68. The van der Waals surface area contributed by atoms with E-state index < -0.39 is 0 Å². The Morgan fingerprint density at radius 3 is 1.43 bits per heavy atom. The van der Waals surface area contributed by atoms with Crippen LogP contribution in [0.15, 0.2) is 84.9 Å². The maximum absolute atomic E-state index is 9.20. The van der Waals surface area contributed by atoms with Gasteiger partial charge in [-0.15, -0.1) is 0 Å². The van der Waals surface area contributed by atoms with E-state index in [0.717, 1.165) is 5.56 Å². The molecule has 21 heavy (non-hydrogen) atoms. The minimum absolute atomic E-state index is 0.0849. The van der Waals surface area contributed by atoms with Crippen molar-refractivity contribution in [3.05, 3.63) is 107 Å². The van der Waals surface area contributed by atoms with E-state index in [-0.39, 0.29) is 12.5 Å². The SMILES string of the molecule is OCc1ccc(C(c2ccccc2)c2ccccc2)cc1. The predicted octanol–water partition coefficient (Wildman–Crippen LogP) is 4.36. The van der Waals surface area contributed by atoms with Crippen molar-refractivity contribution in [3.63, 3.8) is 0 Å². The number of aliphatic hydroxyl groups excluding tert-OH is 1. The Balaban J connectivity index is 2.07. The van der Waals surface area contributed by atoms with Gasteiger partial charge in [-0.25, -0.2) is 0 Å². The van der Waals surface area contributed by atoms with Crippen LogP contribution < -0.4 is 0 Å². The third kappa shape index (κ3) is 3.04. The van der Waals surface area contributed by atoms with E-state index >= 15 is 0 Å². The van der Waals surface area contributed by atoms with Gasteiger partial charge in [-0.3, -0.25) is 0 Å². The Bertz CT molecular complexity index is 633. The first-order valence-electron chi connectivity index (χ1n) is 7.18. The van der Waals surface area contributed by atoms with Gasteiger partial charge in [0.15, 0.2) is 0 Å². The maximum atomic E-state index is 9.20. The summed E-state index contributed by atoms with van der Waals surface area (Å²) in [6.07, 6.45) is 0. The van der Waals surface area contributed by atoms with Crippen LogP contribution in [0.25, 0.3) is 0 Å². The molecule has 0 atom stereocenters. The summed E-state index contributed by atoms with van der Waals surface area (Å²) < 4.78 is 0. The molecule has 1 heteroatoms. The normalized spacial score (nSPS) is 10.8. The third-order valence-electron chi connectivity index (χ3n) is 3.76. The molecule has 0 aliphatic heterocycles. The van der Waals surface area contributed by atoms with Crippen molar-refractivity contribution >= 4 is 0 Å². The highest BCUT2D eigenvalue weighted by Crippen LogP contribution is 2.31. The zero-order chi connectivity index (χ0) is 14.5. The summed E-state index contributed by atoms with van der Waals surface area (Å²) >= 11 is 0. The lowest BCUT2D eigenvalue weighted by Gasteiger charge is -2.19. The first-order valence-corrected chi connectivity index (χ1v) is 7.18. The Morgan fingerprint density at radius 2 is 1.00 bits per heavy atom. The van der Waals surface area contributed by atoms with E-state index in [4.69, 9.17) is 0 Å². The van der Waals surface area contributed by atoms with Gasteiger partial charge in [0.1, 0.15) is 0 Å². The molecule has 0 unspecified atom stereocenters. The van der Waals surface area contributed by atoms with Crippen LogP contribution in [0.3, 0.4) is 0 Å². The smallest absolute Gasteiger partial charge is 0.0681 e. The number of hydrogen-bond donors (Lipinski definition) is 1. The first-order chi connectivity index (χ1) is 10.4. The number of hydrogen-bond acceptors (Lipinski definition) is 1. The molecule has 0 saturated carbocycles. The summed E-state index contributed by atoms with van der Waals surface area (Å²) in [6, 6.07) is 29.3. The summed E-state index contributed by atoms with van der Waals surface area (Å²) in [7, 11) is 0. The molecule has 0 bridgehead atoms. The second-order valence-electron chi connectivity index (χ2n) is 5.15. The molecule has 0 fully saturated rings. The number of rotatable bonds is 4. The monoisotopic (exact) mass is 274 g/mol. The van der Waals surface area contributed by atoms with Crippen molar-refractivity contribution in [2.75, 3.05) is 0 Å². The molecule has 3 aromatic carbocycles. The van der Waals surface area contributed by atoms with Crippen LogP contribution in [-0.2, 0) is 6.61 Å². The maximum Gasteiger partial charge on any atom is 0.0681 e. The molecule has 0 saturated heterocycles. The van der Waals surface area contributed by atoms with Crippen LogP contribution in [0.1, 0.15) is 28.2 Å². The van der Waals surface area contributed by atoms with Gasteiger partial charge in [-0.1, -0.05) is 84.9 Å². The lowest BCUT2D eigenvalue weighted by molar-refractivity contribution is 0.282. The van der Waals surface area contributed by atoms with Crippen molar-refractivity contribution in [2.24, 2.45) is 0 Å². The van der Waals surface area contributed by atoms with Crippen molar-refractivity contribution in [2.45, 2.75) is 12.5 Å². The van der Waals surface area contributed by atoms with E-state index in [1.165, 1.54) is 16.7 Å². The molecule has 0 aliphatic carbocycles. The van der Waals surface area contributed by atoms with Crippen LogP contribution in [0.5, 0.6) is 0 Å². The molecule has 1 nitrogen and oxygen atoms in total. The molecule has 1 N–H and O–H groups in total. The van der Waals surface area contributed by atoms with Gasteiger partial charge >= 0.3 is 0 Å². The van der Waals surface area contributed by atoms with E-state index in [9.17, 15) is 5.11 Å². The highest BCUT2D eigenvalue weighted by Gasteiger charge is 2.15. The highest BCUT2D eigenvalue weighted by molar-refractivity contribution is 5.43. The summed E-state index contributed by atoms with van der Waals surface area (Å²) in [5.74, 6) is 0.222. The average Bonchev–Trinajstić information content (AvgIpc) is 2.58. The molecule has 3 rings (SSSR count). The van der Waals surface area contributed by atoms with Crippen LogP contribution in [0, 0.1) is 0 Å². The Morgan fingerprint density at radius 1 is 0.571 bits per heavy atom. The van der Waals surface area contributed by atoms with Crippen LogP contribution in [-0.4, -0.2) is 5.11 Å². The van der Waals surface area contributed by atoms with Crippen molar-refractivity contribution in [3.8, 4) is 0 Å². The van der Waals surface area contributed by atoms with Crippen LogP contribution in [0.4, 0.5) is 0 Å². The first kappa shape index (κ1) is 13.6. The van der Waals surface area contributed by atoms with Gasteiger partial charge in [0.2, 0.25) is 0 Å². The fourth-order valence-electron chi connectivity index (χ4n) is 2.68. The zero-order valence-electron chi connectivity index (χ0n) is 11.8. The van der Waals surface area contributed by atoms with Crippen LogP contribution >= 0.6 is 0 Å². The Kier molecular flexibility index (Phi) is 4.13. The minimum Gasteiger partial charge on any atom is -0.392 e. The predicted molar refractivity (Wildman–Crippen MR) is 86.2 cm³/mol. The molecule has 0 spiro atoms. The minimum atomic E-state index is 0.0849. The van der Waals surface area contributed by atoms with E-state index in [2.05, 4.69) is 60.7 Å². The fraction of sp³-hybridized carbons (Fsp3) is 0.100. The molecule has 3 aromatic rings. The Labute approximate surface area is 125 Å². The van der Waals surface area contributed by atoms with Gasteiger partial charge in [0, 0.05) is 5.92 Å². The number of aliphatic hydroxyl groups is 1. The zero-order valence-corrected chi connectivity index (χ0v) is 11.8. The average molecular weight is 274 g/mol. The van der Waals surface area contributed by atoms with Gasteiger partial charge in [0.25, 0.3) is 0 Å². The summed E-state index contributed by atoms with van der Waals surface area (Å²) in [6.45, 7) is 0.0849. The second kappa shape index (κ2) is 6.38. The lowest BCUT2D eigenvalue weighted by atomic mass is 9.85.